The van der Waals surface area contributed by atoms with Crippen molar-refractivity contribution >= 4 is 5.95 Å². The molecule has 0 aliphatic rings. The van der Waals surface area contributed by atoms with E-state index in [1.165, 1.54) is 21.6 Å². The lowest BCUT2D eigenvalue weighted by Crippen LogP contribution is -2.10. The number of halogens is 1. The van der Waals surface area contributed by atoms with Gasteiger partial charge in [0.15, 0.2) is 0 Å². The normalized spacial score (nSPS) is 12.5. The molecule has 0 fully saturated rings. The van der Waals surface area contributed by atoms with Crippen LogP contribution in [0.3, 0.4) is 0 Å². The van der Waals surface area contributed by atoms with Gasteiger partial charge in [0.2, 0.25) is 0 Å². The molecule has 1 unspecified atom stereocenters. The molecule has 0 spiro atoms. The van der Waals surface area contributed by atoms with Gasteiger partial charge in [-0.15, -0.1) is 5.10 Å². The molecule has 0 saturated heterocycles. The van der Waals surface area contributed by atoms with Crippen LogP contribution in [0.4, 0.5) is 10.3 Å². The second-order valence-electron chi connectivity index (χ2n) is 4.02. The van der Waals surface area contributed by atoms with Crippen molar-refractivity contribution in [3.8, 4) is 0 Å². The van der Waals surface area contributed by atoms with Crippen LogP contribution in [0.25, 0.3) is 0 Å². The summed E-state index contributed by atoms with van der Waals surface area (Å²) in [7, 11) is 0. The van der Waals surface area contributed by atoms with E-state index in [0.29, 0.717) is 12.1 Å². The fourth-order valence-corrected chi connectivity index (χ4v) is 1.70. The lowest BCUT2D eigenvalue weighted by Gasteiger charge is -2.08. The highest BCUT2D eigenvalue weighted by atomic mass is 18.2. The molecule has 2 aromatic rings. The molecule has 9 heteroatoms. The van der Waals surface area contributed by atoms with Crippen LogP contribution in [-0.2, 0) is 6.54 Å². The van der Waals surface area contributed by atoms with E-state index >= 15 is 0 Å². The highest BCUT2D eigenvalue weighted by Gasteiger charge is 2.17. The van der Waals surface area contributed by atoms with Crippen molar-refractivity contribution < 1.29 is 9.31 Å². The predicted octanol–water partition coefficient (Wildman–Crippen LogP) is 1.35. The Bertz CT molecular complexity index is 562. The molecule has 2 aromatic heterocycles. The Balaban J connectivity index is 2.16. The first-order chi connectivity index (χ1) is 9.15. The van der Waals surface area contributed by atoms with Crippen LogP contribution in [0.1, 0.15) is 25.1 Å². The minimum Gasteiger partial charge on any atom is -0.390 e. The summed E-state index contributed by atoms with van der Waals surface area (Å²) >= 11 is 0. The maximum Gasteiger partial charge on any atom is 0.434 e. The summed E-state index contributed by atoms with van der Waals surface area (Å²) in [6.07, 6.45) is 5.03. The molecule has 0 aliphatic heterocycles. The van der Waals surface area contributed by atoms with Crippen molar-refractivity contribution in [1.82, 2.24) is 24.5 Å². The predicted molar refractivity (Wildman–Crippen MR) is 63.3 cm³/mol. The zero-order valence-corrected chi connectivity index (χ0v) is 10.3. The Hall–Kier alpha value is -2.32. The van der Waals surface area contributed by atoms with Crippen molar-refractivity contribution in [3.63, 3.8) is 0 Å². The third-order valence-electron chi connectivity index (χ3n) is 2.77. The third kappa shape index (κ3) is 2.75. The summed E-state index contributed by atoms with van der Waals surface area (Å²) in [5.74, 6) is -0.257. The maximum atomic E-state index is 12.7. The molecule has 19 heavy (non-hydrogen) atoms. The summed E-state index contributed by atoms with van der Waals surface area (Å²) in [5.41, 5.74) is 0.521. The van der Waals surface area contributed by atoms with Crippen molar-refractivity contribution in [1.29, 1.82) is 0 Å². The highest BCUT2D eigenvalue weighted by Crippen LogP contribution is 2.13. The first kappa shape index (κ1) is 13.1. The highest BCUT2D eigenvalue weighted by molar-refractivity contribution is 5.09. The lowest BCUT2D eigenvalue weighted by molar-refractivity contribution is -0.396. The van der Waals surface area contributed by atoms with Crippen LogP contribution in [0.2, 0.25) is 0 Å². The van der Waals surface area contributed by atoms with E-state index in [0.717, 1.165) is 0 Å². The molecular weight excluding hydrogens is 254 g/mol. The second kappa shape index (κ2) is 5.55. The van der Waals surface area contributed by atoms with E-state index in [-0.39, 0.29) is 18.5 Å². The van der Waals surface area contributed by atoms with Gasteiger partial charge in [0.25, 0.3) is 0 Å². The Morgan fingerprint density at radius 3 is 3.00 bits per heavy atom. The smallest absolute Gasteiger partial charge is 0.390 e. The minimum absolute atomic E-state index is 0.180. The summed E-state index contributed by atoms with van der Waals surface area (Å²) in [4.78, 5) is 13.8. The van der Waals surface area contributed by atoms with Gasteiger partial charge in [-0.05, 0) is 11.3 Å². The van der Waals surface area contributed by atoms with Gasteiger partial charge in [0.1, 0.15) is 31.3 Å². The monoisotopic (exact) mass is 267 g/mol. The van der Waals surface area contributed by atoms with Crippen molar-refractivity contribution in [2.75, 3.05) is 6.67 Å². The number of imidazole rings is 1. The number of nitro groups is 1. The van der Waals surface area contributed by atoms with Crippen molar-refractivity contribution in [3.05, 3.63) is 34.4 Å². The Morgan fingerprint density at radius 2 is 2.37 bits per heavy atom. The number of nitrogens with zero attached hydrogens (tertiary/aromatic N) is 6. The van der Waals surface area contributed by atoms with E-state index in [2.05, 4.69) is 15.3 Å². The molecule has 0 aliphatic carbocycles. The first-order valence-electron chi connectivity index (χ1n) is 5.78. The van der Waals surface area contributed by atoms with E-state index in [1.54, 1.807) is 6.20 Å². The molecule has 0 N–H and O–H groups in total. The zero-order valence-electron chi connectivity index (χ0n) is 10.3. The van der Waals surface area contributed by atoms with Gasteiger partial charge in [-0.3, -0.25) is 0 Å². The second-order valence-corrected chi connectivity index (χ2v) is 4.02. The molecule has 2 heterocycles. The van der Waals surface area contributed by atoms with Crippen LogP contribution in [0.5, 0.6) is 0 Å². The minimum atomic E-state index is -0.569. The summed E-state index contributed by atoms with van der Waals surface area (Å²) in [5, 5.41) is 18.4. The average molecular weight is 267 g/mol. The van der Waals surface area contributed by atoms with E-state index < -0.39 is 11.6 Å². The molecule has 0 bridgehead atoms. The molecule has 0 amide bonds. The molecule has 1 atom stereocenters. The van der Waals surface area contributed by atoms with Gasteiger partial charge in [0, 0.05) is 0 Å². The number of hydrogen-bond donors (Lipinski definition) is 0. The van der Waals surface area contributed by atoms with Gasteiger partial charge >= 0.3 is 5.95 Å². The van der Waals surface area contributed by atoms with Crippen molar-refractivity contribution in [2.24, 2.45) is 0 Å². The summed E-state index contributed by atoms with van der Waals surface area (Å²) in [6.45, 7) is 1.51. The lowest BCUT2D eigenvalue weighted by atomic mass is 10.2. The van der Waals surface area contributed by atoms with Crippen LogP contribution < -0.4 is 0 Å². The topological polar surface area (TPSA) is 91.7 Å². The zero-order chi connectivity index (χ0) is 13.8. The number of hydrogen-bond acceptors (Lipinski definition) is 5. The Morgan fingerprint density at radius 1 is 1.58 bits per heavy atom. The quantitative estimate of drug-likeness (QED) is 0.582. The third-order valence-corrected chi connectivity index (χ3v) is 2.77. The van der Waals surface area contributed by atoms with Crippen LogP contribution in [0, 0.1) is 10.1 Å². The average Bonchev–Trinajstić information content (AvgIpc) is 3.01. The Kier molecular flexibility index (Phi) is 3.83. The van der Waals surface area contributed by atoms with Crippen molar-refractivity contribution in [2.45, 2.75) is 25.9 Å². The molecule has 8 nitrogen and oxygen atoms in total. The largest absolute Gasteiger partial charge is 0.434 e. The fourth-order valence-electron chi connectivity index (χ4n) is 1.70. The molecule has 0 aromatic carbocycles. The standard InChI is InChI=1S/C10H13FN6O2/c1-2-9(5-11)16-7-8(13-14-16)6-15-4-3-12-10(15)17(18)19/h3-4,7,9H,2,5-6H2,1H3/i11-1. The number of alkyl halides is 1. The SMILES string of the molecule is CCC(C[18F])n1cc(Cn2ccnc2[N+](=O)[O-])nn1. The van der Waals surface area contributed by atoms with Crippen LogP contribution in [0.15, 0.2) is 18.6 Å². The molecule has 102 valence electrons. The number of rotatable bonds is 6. The first-order valence-corrected chi connectivity index (χ1v) is 5.78. The van der Waals surface area contributed by atoms with E-state index in [9.17, 15) is 14.5 Å². The summed E-state index contributed by atoms with van der Waals surface area (Å²) in [6, 6.07) is -0.348. The molecule has 2 rings (SSSR count). The fraction of sp³-hybridized carbons (Fsp3) is 0.500. The van der Waals surface area contributed by atoms with Gasteiger partial charge < -0.3 is 10.1 Å². The van der Waals surface area contributed by atoms with Gasteiger partial charge in [-0.1, -0.05) is 17.1 Å². The van der Waals surface area contributed by atoms with E-state index in [1.807, 2.05) is 6.92 Å². The molecule has 0 radical (unpaired) electrons. The van der Waals surface area contributed by atoms with Crippen LogP contribution >= 0.6 is 0 Å². The maximum absolute atomic E-state index is 12.7. The van der Waals surface area contributed by atoms with Gasteiger partial charge in [0.05, 0.1) is 12.2 Å². The van der Waals surface area contributed by atoms with E-state index in [4.69, 9.17) is 0 Å². The van der Waals surface area contributed by atoms with Gasteiger partial charge in [-0.2, -0.15) is 0 Å². The Labute approximate surface area is 108 Å². The van der Waals surface area contributed by atoms with Crippen LogP contribution in [-0.4, -0.2) is 36.1 Å². The van der Waals surface area contributed by atoms with Gasteiger partial charge in [-0.25, -0.2) is 13.6 Å². The number of aromatic nitrogens is 5. The summed E-state index contributed by atoms with van der Waals surface area (Å²) < 4.78 is 15.5. The molecular formula is C10H13FN6O2. The molecule has 0 saturated carbocycles.